The van der Waals surface area contributed by atoms with Crippen molar-refractivity contribution in [2.45, 2.75) is 25.1 Å². The lowest BCUT2D eigenvalue weighted by molar-refractivity contribution is -0.367. The zero-order valence-corrected chi connectivity index (χ0v) is 12.9. The maximum absolute atomic E-state index is 12.6. The zero-order chi connectivity index (χ0) is 17.3. The number of piperazine rings is 1. The lowest BCUT2D eigenvalue weighted by Crippen LogP contribution is -2.54. The van der Waals surface area contributed by atoms with Crippen molar-refractivity contribution in [1.82, 2.24) is 10.2 Å². The summed E-state index contributed by atoms with van der Waals surface area (Å²) in [4.78, 5) is 29.8. The van der Waals surface area contributed by atoms with Gasteiger partial charge in [-0.3, -0.25) is 14.5 Å². The third-order valence-electron chi connectivity index (χ3n) is 4.35. The first-order valence-corrected chi connectivity index (χ1v) is 7.76. The number of hydrogen-bond donors (Lipinski definition) is 1. The van der Waals surface area contributed by atoms with Crippen molar-refractivity contribution in [1.29, 1.82) is 0 Å². The van der Waals surface area contributed by atoms with E-state index in [-0.39, 0.29) is 11.8 Å². The minimum absolute atomic E-state index is 0.0862. The second-order valence-electron chi connectivity index (χ2n) is 5.93. The molecule has 3 rings (SSSR count). The van der Waals surface area contributed by atoms with Gasteiger partial charge in [0.1, 0.15) is 25.3 Å². The van der Waals surface area contributed by atoms with Gasteiger partial charge < -0.3 is 10.2 Å². The molecule has 3 heterocycles. The number of H-pyrrole nitrogens is 1. The number of halogens is 3. The molecular weight excluding hydrogens is 325 g/mol. The van der Waals surface area contributed by atoms with Crippen LogP contribution in [0.25, 0.3) is 0 Å². The largest absolute Gasteiger partial charge is 0.419 e. The molecule has 2 aliphatic rings. The van der Waals surface area contributed by atoms with Crippen LogP contribution in [0.15, 0.2) is 18.3 Å². The van der Waals surface area contributed by atoms with Crippen LogP contribution in [0.5, 0.6) is 0 Å². The Balaban J connectivity index is 1.57. The quantitative estimate of drug-likeness (QED) is 0.848. The predicted molar refractivity (Wildman–Crippen MR) is 78.0 cm³/mol. The minimum Gasteiger partial charge on any atom is -0.344 e. The van der Waals surface area contributed by atoms with Gasteiger partial charge >= 0.3 is 6.18 Å². The van der Waals surface area contributed by atoms with E-state index in [1.807, 2.05) is 4.90 Å². The molecule has 0 radical (unpaired) electrons. The molecule has 2 fully saturated rings. The summed E-state index contributed by atoms with van der Waals surface area (Å²) in [5.41, 5.74) is -0.725. The van der Waals surface area contributed by atoms with Crippen LogP contribution in [0.2, 0.25) is 0 Å². The first-order chi connectivity index (χ1) is 11.3. The first-order valence-electron chi connectivity index (χ1n) is 7.76. The molecule has 1 aromatic heterocycles. The smallest absolute Gasteiger partial charge is 0.344 e. The summed E-state index contributed by atoms with van der Waals surface area (Å²) in [7, 11) is 0. The van der Waals surface area contributed by atoms with E-state index in [0.717, 1.165) is 12.3 Å². The highest BCUT2D eigenvalue weighted by Gasteiger charge is 2.35. The molecule has 1 aromatic rings. The van der Waals surface area contributed by atoms with Crippen molar-refractivity contribution in [2.75, 3.05) is 31.1 Å². The highest BCUT2D eigenvalue weighted by Crippen LogP contribution is 2.28. The molecule has 0 spiro atoms. The molecule has 0 saturated carbocycles. The highest BCUT2D eigenvalue weighted by atomic mass is 19.4. The number of alkyl halides is 3. The Morgan fingerprint density at radius 2 is 1.92 bits per heavy atom. The molecule has 2 saturated heterocycles. The average Bonchev–Trinajstić information content (AvgIpc) is 3.00. The van der Waals surface area contributed by atoms with E-state index >= 15 is 0 Å². The van der Waals surface area contributed by atoms with Crippen LogP contribution in [0.1, 0.15) is 18.4 Å². The lowest BCUT2D eigenvalue weighted by Gasteiger charge is -2.32. The summed E-state index contributed by atoms with van der Waals surface area (Å²) in [5, 5.41) is 2.66. The van der Waals surface area contributed by atoms with Gasteiger partial charge in [0.15, 0.2) is 0 Å². The van der Waals surface area contributed by atoms with Crippen LogP contribution in [-0.2, 0) is 15.8 Å². The van der Waals surface area contributed by atoms with Gasteiger partial charge in [-0.2, -0.15) is 13.2 Å². The molecular formula is C15H18F3N4O2+. The number of anilines is 1. The summed E-state index contributed by atoms with van der Waals surface area (Å²) >= 11 is 0. The SMILES string of the molecule is O=C1CC[C@H](C(=O)N2CCN(c3ccc(C(F)(F)F)c[nH+]3)CC2)N1. The molecule has 2 aliphatic heterocycles. The maximum atomic E-state index is 12.6. The van der Waals surface area contributed by atoms with Gasteiger partial charge in [-0.05, 0) is 12.5 Å². The molecule has 0 bridgehead atoms. The maximum Gasteiger partial charge on any atom is 0.419 e. The van der Waals surface area contributed by atoms with E-state index in [0.29, 0.717) is 44.8 Å². The molecule has 130 valence electrons. The number of amides is 2. The van der Waals surface area contributed by atoms with Gasteiger partial charge in [-0.1, -0.05) is 0 Å². The van der Waals surface area contributed by atoms with Crippen molar-refractivity contribution in [3.8, 4) is 0 Å². The number of carbonyl (C=O) groups is 2. The molecule has 2 amide bonds. The summed E-state index contributed by atoms with van der Waals surface area (Å²) in [6, 6.07) is 2.00. The Morgan fingerprint density at radius 1 is 1.21 bits per heavy atom. The fourth-order valence-electron chi connectivity index (χ4n) is 2.98. The van der Waals surface area contributed by atoms with Crippen molar-refractivity contribution < 1.29 is 27.7 Å². The number of aromatic amines is 1. The predicted octanol–water partition coefficient (Wildman–Crippen LogP) is 0.447. The standard InChI is InChI=1S/C15H17F3N4O2/c16-15(17,18)10-1-3-12(19-9-10)21-5-7-22(8-6-21)14(24)11-2-4-13(23)20-11/h1,3,9,11H,2,4-8H2,(H,20,23)/p+1/t11-/m1/s1. The molecule has 1 atom stereocenters. The van der Waals surface area contributed by atoms with Crippen molar-refractivity contribution in [3.63, 3.8) is 0 Å². The third-order valence-corrected chi connectivity index (χ3v) is 4.35. The second-order valence-corrected chi connectivity index (χ2v) is 5.93. The van der Waals surface area contributed by atoms with Gasteiger partial charge in [-0.25, -0.2) is 4.98 Å². The first kappa shape index (κ1) is 16.5. The molecule has 2 N–H and O–H groups in total. The second kappa shape index (κ2) is 6.29. The van der Waals surface area contributed by atoms with E-state index < -0.39 is 17.8 Å². The Bertz CT molecular complexity index is 625. The number of hydrogen-bond acceptors (Lipinski definition) is 3. The monoisotopic (exact) mass is 343 g/mol. The number of nitrogens with zero attached hydrogens (tertiary/aromatic N) is 2. The summed E-state index contributed by atoms with van der Waals surface area (Å²) < 4.78 is 37.7. The molecule has 24 heavy (non-hydrogen) atoms. The number of carbonyl (C=O) groups excluding carboxylic acids is 2. The van der Waals surface area contributed by atoms with Gasteiger partial charge in [0.05, 0.1) is 18.7 Å². The van der Waals surface area contributed by atoms with Crippen molar-refractivity contribution >= 4 is 17.6 Å². The van der Waals surface area contributed by atoms with Crippen molar-refractivity contribution in [3.05, 3.63) is 23.9 Å². The number of pyridine rings is 1. The molecule has 0 aliphatic carbocycles. The van der Waals surface area contributed by atoms with Crippen LogP contribution in [0, 0.1) is 0 Å². The van der Waals surface area contributed by atoms with E-state index in [2.05, 4.69) is 10.3 Å². The Kier molecular flexibility index (Phi) is 4.33. The van der Waals surface area contributed by atoms with Crippen LogP contribution in [0.3, 0.4) is 0 Å². The number of aromatic nitrogens is 1. The summed E-state index contributed by atoms with van der Waals surface area (Å²) in [6.07, 6.45) is -2.53. The highest BCUT2D eigenvalue weighted by molar-refractivity contribution is 5.90. The van der Waals surface area contributed by atoms with Crippen LogP contribution >= 0.6 is 0 Å². The Hall–Kier alpha value is -2.32. The number of nitrogens with one attached hydrogen (secondary N) is 2. The Morgan fingerprint density at radius 3 is 2.42 bits per heavy atom. The van der Waals surface area contributed by atoms with E-state index in [1.54, 1.807) is 4.90 Å². The number of rotatable bonds is 2. The average molecular weight is 343 g/mol. The molecule has 6 nitrogen and oxygen atoms in total. The zero-order valence-electron chi connectivity index (χ0n) is 12.9. The van der Waals surface area contributed by atoms with Gasteiger partial charge in [0, 0.05) is 12.5 Å². The molecule has 0 unspecified atom stereocenters. The van der Waals surface area contributed by atoms with E-state index in [4.69, 9.17) is 0 Å². The van der Waals surface area contributed by atoms with E-state index in [1.165, 1.54) is 6.07 Å². The van der Waals surface area contributed by atoms with E-state index in [9.17, 15) is 22.8 Å². The third kappa shape index (κ3) is 3.44. The fourth-order valence-corrected chi connectivity index (χ4v) is 2.98. The van der Waals surface area contributed by atoms with Crippen LogP contribution < -0.4 is 15.2 Å². The topological polar surface area (TPSA) is 66.8 Å². The fraction of sp³-hybridized carbons (Fsp3) is 0.533. The minimum atomic E-state index is -4.37. The van der Waals surface area contributed by atoms with Gasteiger partial charge in [0.25, 0.3) is 5.82 Å². The Labute approximate surface area is 136 Å². The normalized spacial score (nSPS) is 21.8. The van der Waals surface area contributed by atoms with Gasteiger partial charge in [0.2, 0.25) is 11.8 Å². The molecule has 0 aromatic carbocycles. The lowest BCUT2D eigenvalue weighted by atomic mass is 10.2. The van der Waals surface area contributed by atoms with Crippen molar-refractivity contribution in [2.24, 2.45) is 0 Å². The summed E-state index contributed by atoms with van der Waals surface area (Å²) in [6.45, 7) is 1.99. The van der Waals surface area contributed by atoms with Gasteiger partial charge in [-0.15, -0.1) is 0 Å². The van der Waals surface area contributed by atoms with Crippen LogP contribution in [0.4, 0.5) is 19.0 Å². The summed E-state index contributed by atoms with van der Waals surface area (Å²) in [5.74, 6) is 0.396. The molecule has 9 heteroatoms. The van der Waals surface area contributed by atoms with Crippen LogP contribution in [-0.4, -0.2) is 48.9 Å².